The highest BCUT2D eigenvalue weighted by molar-refractivity contribution is 5.95. The third-order valence-corrected chi connectivity index (χ3v) is 6.18. The van der Waals surface area contributed by atoms with Crippen molar-refractivity contribution in [2.24, 2.45) is 4.99 Å². The predicted molar refractivity (Wildman–Crippen MR) is 134 cm³/mol. The van der Waals surface area contributed by atoms with Gasteiger partial charge in [0, 0.05) is 64.1 Å². The molecule has 0 spiro atoms. The van der Waals surface area contributed by atoms with Crippen molar-refractivity contribution in [2.75, 3.05) is 56.1 Å². The summed E-state index contributed by atoms with van der Waals surface area (Å²) in [4.78, 5) is 27.8. The van der Waals surface area contributed by atoms with Crippen LogP contribution in [-0.2, 0) is 17.9 Å². The van der Waals surface area contributed by atoms with Gasteiger partial charge in [-0.3, -0.25) is 4.79 Å². The Morgan fingerprint density at radius 2 is 1.82 bits per heavy atom. The summed E-state index contributed by atoms with van der Waals surface area (Å²) in [6, 6.07) is 12.4. The number of guanidine groups is 1. The Hall–Kier alpha value is -3.13. The van der Waals surface area contributed by atoms with Crippen LogP contribution in [0.25, 0.3) is 0 Å². The van der Waals surface area contributed by atoms with E-state index >= 15 is 0 Å². The molecular weight excluding hydrogens is 414 g/mol. The van der Waals surface area contributed by atoms with Gasteiger partial charge in [0.25, 0.3) is 0 Å². The molecule has 2 aliphatic heterocycles. The van der Waals surface area contributed by atoms with Crippen molar-refractivity contribution in [3.8, 4) is 0 Å². The summed E-state index contributed by atoms with van der Waals surface area (Å²) >= 11 is 0. The van der Waals surface area contributed by atoms with Gasteiger partial charge in [-0.15, -0.1) is 0 Å². The number of nitrogens with one attached hydrogen (secondary N) is 2. The number of hydrogen-bond acceptors (Lipinski definition) is 5. The van der Waals surface area contributed by atoms with Crippen molar-refractivity contribution >= 4 is 23.4 Å². The molecule has 8 nitrogen and oxygen atoms in total. The number of amides is 1. The molecule has 0 aliphatic carbocycles. The van der Waals surface area contributed by atoms with E-state index in [0.29, 0.717) is 19.5 Å². The van der Waals surface area contributed by atoms with Crippen LogP contribution in [0, 0.1) is 0 Å². The second kappa shape index (κ2) is 11.1. The highest BCUT2D eigenvalue weighted by Gasteiger charge is 2.21. The fraction of sp³-hybridized carbons (Fsp3) is 0.480. The number of hydrogen-bond donors (Lipinski definition) is 2. The summed E-state index contributed by atoms with van der Waals surface area (Å²) in [5.41, 5.74) is 3.28. The molecule has 2 saturated heterocycles. The van der Waals surface area contributed by atoms with Crippen molar-refractivity contribution in [1.29, 1.82) is 0 Å². The first-order chi connectivity index (χ1) is 16.1. The fourth-order valence-electron chi connectivity index (χ4n) is 4.18. The SMILES string of the molecule is CCNC(=NCc1ccnc(N2CCN(C)CC2)c1)NCc1ccc(N2CCCC2=O)cc1. The fourth-order valence-corrected chi connectivity index (χ4v) is 4.18. The zero-order valence-electron chi connectivity index (χ0n) is 19.8. The van der Waals surface area contributed by atoms with Gasteiger partial charge in [0.2, 0.25) is 5.91 Å². The second-order valence-corrected chi connectivity index (χ2v) is 8.68. The Morgan fingerprint density at radius 3 is 2.52 bits per heavy atom. The molecular formula is C25H35N7O. The first-order valence-corrected chi connectivity index (χ1v) is 11.9. The summed E-state index contributed by atoms with van der Waals surface area (Å²) in [5.74, 6) is 2.04. The zero-order valence-corrected chi connectivity index (χ0v) is 19.8. The minimum atomic E-state index is 0.217. The maximum Gasteiger partial charge on any atom is 0.227 e. The van der Waals surface area contributed by atoms with E-state index in [0.717, 1.165) is 74.3 Å². The summed E-state index contributed by atoms with van der Waals surface area (Å²) in [5, 5.41) is 6.74. The molecule has 2 N–H and O–H groups in total. The topological polar surface area (TPSA) is 76.1 Å². The first kappa shape index (κ1) is 23.0. The lowest BCUT2D eigenvalue weighted by atomic mass is 10.2. The molecule has 2 aliphatic rings. The van der Waals surface area contributed by atoms with Gasteiger partial charge in [0.1, 0.15) is 5.82 Å². The minimum Gasteiger partial charge on any atom is -0.357 e. The number of rotatable bonds is 7. The molecule has 0 radical (unpaired) electrons. The van der Waals surface area contributed by atoms with Crippen LogP contribution in [0.15, 0.2) is 47.6 Å². The first-order valence-electron chi connectivity index (χ1n) is 11.9. The Bertz CT molecular complexity index is 951. The van der Waals surface area contributed by atoms with Crippen LogP contribution in [0.4, 0.5) is 11.5 Å². The van der Waals surface area contributed by atoms with Gasteiger partial charge in [-0.1, -0.05) is 12.1 Å². The van der Waals surface area contributed by atoms with Crippen molar-refractivity contribution in [1.82, 2.24) is 20.5 Å². The molecule has 4 rings (SSSR count). The summed E-state index contributed by atoms with van der Waals surface area (Å²) in [6.45, 7) is 9.08. The number of carbonyl (C=O) groups excluding carboxylic acids is 1. The molecule has 33 heavy (non-hydrogen) atoms. The number of aromatic nitrogens is 1. The average molecular weight is 450 g/mol. The van der Waals surface area contributed by atoms with Crippen molar-refractivity contribution < 1.29 is 4.79 Å². The minimum absolute atomic E-state index is 0.217. The Morgan fingerprint density at radius 1 is 1.03 bits per heavy atom. The van der Waals surface area contributed by atoms with Crippen LogP contribution in [0.3, 0.4) is 0 Å². The lowest BCUT2D eigenvalue weighted by Crippen LogP contribution is -2.44. The Kier molecular flexibility index (Phi) is 7.78. The van der Waals surface area contributed by atoms with Crippen LogP contribution in [0.1, 0.15) is 30.9 Å². The van der Waals surface area contributed by atoms with E-state index in [1.807, 2.05) is 29.3 Å². The lowest BCUT2D eigenvalue weighted by molar-refractivity contribution is -0.117. The van der Waals surface area contributed by atoms with Crippen molar-refractivity contribution in [3.05, 3.63) is 53.7 Å². The monoisotopic (exact) mass is 449 g/mol. The quantitative estimate of drug-likeness (QED) is 0.499. The van der Waals surface area contributed by atoms with Gasteiger partial charge >= 0.3 is 0 Å². The molecule has 0 bridgehead atoms. The van der Waals surface area contributed by atoms with Crippen LogP contribution < -0.4 is 20.4 Å². The average Bonchev–Trinajstić information content (AvgIpc) is 3.27. The summed E-state index contributed by atoms with van der Waals surface area (Å²) in [6.07, 6.45) is 3.48. The Labute approximate surface area is 196 Å². The normalized spacial score (nSPS) is 17.5. The summed E-state index contributed by atoms with van der Waals surface area (Å²) < 4.78 is 0. The second-order valence-electron chi connectivity index (χ2n) is 8.68. The number of nitrogens with zero attached hydrogens (tertiary/aromatic N) is 5. The predicted octanol–water partition coefficient (Wildman–Crippen LogP) is 2.22. The third-order valence-electron chi connectivity index (χ3n) is 6.18. The number of pyridine rings is 1. The molecule has 8 heteroatoms. The molecule has 1 aromatic heterocycles. The summed E-state index contributed by atoms with van der Waals surface area (Å²) in [7, 11) is 2.16. The zero-order chi connectivity index (χ0) is 23.0. The van der Waals surface area contributed by atoms with Crippen molar-refractivity contribution in [2.45, 2.75) is 32.9 Å². The molecule has 3 heterocycles. The molecule has 0 saturated carbocycles. The highest BCUT2D eigenvalue weighted by atomic mass is 16.2. The Balaban J connectivity index is 1.34. The number of carbonyl (C=O) groups is 1. The third kappa shape index (κ3) is 6.22. The van der Waals surface area contributed by atoms with Crippen LogP contribution in [0.2, 0.25) is 0 Å². The van der Waals surface area contributed by atoms with E-state index < -0.39 is 0 Å². The van der Waals surface area contributed by atoms with Gasteiger partial charge in [0.15, 0.2) is 5.96 Å². The molecule has 1 amide bonds. The highest BCUT2D eigenvalue weighted by Crippen LogP contribution is 2.21. The molecule has 2 aromatic rings. The lowest BCUT2D eigenvalue weighted by Gasteiger charge is -2.33. The molecule has 0 unspecified atom stereocenters. The number of likely N-dealkylation sites (N-methyl/N-ethyl adjacent to an activating group) is 1. The van der Waals surface area contributed by atoms with E-state index in [1.165, 1.54) is 0 Å². The van der Waals surface area contributed by atoms with Gasteiger partial charge < -0.3 is 25.3 Å². The van der Waals surface area contributed by atoms with Gasteiger partial charge in [-0.2, -0.15) is 0 Å². The van der Waals surface area contributed by atoms with E-state index in [1.54, 1.807) is 0 Å². The number of anilines is 2. The number of benzene rings is 1. The van der Waals surface area contributed by atoms with E-state index in [9.17, 15) is 4.79 Å². The molecule has 2 fully saturated rings. The van der Waals surface area contributed by atoms with E-state index in [2.05, 4.69) is 57.6 Å². The van der Waals surface area contributed by atoms with E-state index in [4.69, 9.17) is 4.99 Å². The maximum atomic E-state index is 11.9. The number of piperazine rings is 1. The van der Waals surface area contributed by atoms with Gasteiger partial charge in [-0.05, 0) is 55.8 Å². The largest absolute Gasteiger partial charge is 0.357 e. The van der Waals surface area contributed by atoms with Gasteiger partial charge in [0.05, 0.1) is 6.54 Å². The van der Waals surface area contributed by atoms with Crippen LogP contribution >= 0.6 is 0 Å². The molecule has 0 atom stereocenters. The van der Waals surface area contributed by atoms with E-state index in [-0.39, 0.29) is 5.91 Å². The molecule has 176 valence electrons. The molecule has 1 aromatic carbocycles. The smallest absolute Gasteiger partial charge is 0.227 e. The van der Waals surface area contributed by atoms with Gasteiger partial charge in [-0.25, -0.2) is 9.98 Å². The number of aliphatic imine (C=N–C) groups is 1. The standard InChI is InChI=1S/C25H35N7O/c1-3-26-25(28-18-20-6-8-22(9-7-20)32-12-4-5-24(32)33)29-19-21-10-11-27-23(17-21)31-15-13-30(2)14-16-31/h6-11,17H,3-5,12-16,18-19H2,1-2H3,(H2,26,28,29). The van der Waals surface area contributed by atoms with Crippen LogP contribution in [0.5, 0.6) is 0 Å². The van der Waals surface area contributed by atoms with Crippen molar-refractivity contribution in [3.63, 3.8) is 0 Å². The maximum absolute atomic E-state index is 11.9. The van der Waals surface area contributed by atoms with Crippen LogP contribution in [-0.4, -0.2) is 68.1 Å².